The van der Waals surface area contributed by atoms with Gasteiger partial charge in [-0.3, -0.25) is 4.18 Å². The molecule has 0 saturated heterocycles. The fourth-order valence-corrected chi connectivity index (χ4v) is 2.41. The number of carbonyl (C=O) groups excluding carboxylic acids is 1. The van der Waals surface area contributed by atoms with Gasteiger partial charge in [-0.15, -0.1) is 0 Å². The van der Waals surface area contributed by atoms with Crippen molar-refractivity contribution in [2.75, 3.05) is 7.05 Å². The van der Waals surface area contributed by atoms with Crippen molar-refractivity contribution < 1.29 is 18.5 Å². The highest BCUT2D eigenvalue weighted by Crippen LogP contribution is 2.41. The Balaban J connectivity index is 2.05. The van der Waals surface area contributed by atoms with E-state index in [1.165, 1.54) is 4.31 Å². The van der Waals surface area contributed by atoms with E-state index < -0.39 is 6.09 Å². The third-order valence-electron chi connectivity index (χ3n) is 2.86. The van der Waals surface area contributed by atoms with Crippen LogP contribution in [0.5, 0.6) is 11.5 Å². The summed E-state index contributed by atoms with van der Waals surface area (Å²) in [6.07, 6.45) is 0.326. The summed E-state index contributed by atoms with van der Waals surface area (Å²) in [7, 11) is 1.60. The van der Waals surface area contributed by atoms with Gasteiger partial charge in [0.05, 0.1) is 6.10 Å². The predicted molar refractivity (Wildman–Crippen MR) is 82.5 cm³/mol. The van der Waals surface area contributed by atoms with E-state index in [0.717, 1.165) is 24.2 Å². The second kappa shape index (κ2) is 6.15. The summed E-state index contributed by atoms with van der Waals surface area (Å²) in [6.45, 7) is 7.81. The number of nitrogens with zero attached hydrogens (tertiary/aromatic N) is 1. The number of ether oxygens (including phenoxy) is 2. The van der Waals surface area contributed by atoms with Crippen LogP contribution in [0.25, 0.3) is 0 Å². The number of benzene rings is 1. The molecule has 0 radical (unpaired) electrons. The van der Waals surface area contributed by atoms with Gasteiger partial charge in [0.15, 0.2) is 11.5 Å². The van der Waals surface area contributed by atoms with E-state index in [1.807, 2.05) is 39.8 Å². The summed E-state index contributed by atoms with van der Waals surface area (Å²) in [5.41, 5.74) is 0.783. The van der Waals surface area contributed by atoms with Crippen LogP contribution in [0.2, 0.25) is 0 Å². The fraction of sp³-hybridized carbons (Fsp3) is 0.533. The molecule has 0 saturated carbocycles. The van der Waals surface area contributed by atoms with Crippen LogP contribution in [0, 0.1) is 0 Å². The molecule has 0 aliphatic carbocycles. The Morgan fingerprint density at radius 3 is 2.81 bits per heavy atom. The number of hydrogen-bond donors (Lipinski definition) is 0. The first-order chi connectivity index (χ1) is 9.78. The smallest absolute Gasteiger partial charge is 0.426 e. The van der Waals surface area contributed by atoms with Crippen LogP contribution in [0.15, 0.2) is 18.2 Å². The van der Waals surface area contributed by atoms with Crippen LogP contribution >= 0.6 is 12.2 Å². The maximum Gasteiger partial charge on any atom is 0.426 e. The lowest BCUT2D eigenvalue weighted by molar-refractivity contribution is 0.131. The molecule has 1 amide bonds. The molecule has 1 aliphatic rings. The Morgan fingerprint density at radius 2 is 2.14 bits per heavy atom. The number of rotatable bonds is 4. The minimum absolute atomic E-state index is 0.0235. The Labute approximate surface area is 129 Å². The molecule has 6 heteroatoms. The standard InChI is InChI=1S/C15H21NO4S/c1-10(2)20-21-16(5)14(17)18-12-8-6-7-11-9-15(3,4)19-13(11)12/h6-8,10H,9H2,1-5H3. The summed E-state index contributed by atoms with van der Waals surface area (Å²) < 4.78 is 17.9. The van der Waals surface area contributed by atoms with Gasteiger partial charge < -0.3 is 9.47 Å². The largest absolute Gasteiger partial charge is 0.483 e. The van der Waals surface area contributed by atoms with Gasteiger partial charge in [-0.25, -0.2) is 9.10 Å². The quantitative estimate of drug-likeness (QED) is 0.625. The Hall–Kier alpha value is -1.40. The molecule has 0 unspecified atom stereocenters. The highest BCUT2D eigenvalue weighted by Gasteiger charge is 2.33. The molecular weight excluding hydrogens is 290 g/mol. The van der Waals surface area contributed by atoms with Crippen molar-refractivity contribution in [2.45, 2.75) is 45.8 Å². The molecule has 0 spiro atoms. The lowest BCUT2D eigenvalue weighted by Gasteiger charge is -2.19. The van der Waals surface area contributed by atoms with Crippen molar-refractivity contribution in [3.63, 3.8) is 0 Å². The lowest BCUT2D eigenvalue weighted by atomic mass is 10.0. The van der Waals surface area contributed by atoms with Gasteiger partial charge in [0.25, 0.3) is 0 Å². The Morgan fingerprint density at radius 1 is 1.43 bits per heavy atom. The molecule has 0 bridgehead atoms. The van der Waals surface area contributed by atoms with E-state index in [-0.39, 0.29) is 11.7 Å². The average molecular weight is 311 g/mol. The lowest BCUT2D eigenvalue weighted by Crippen LogP contribution is -2.26. The molecule has 116 valence electrons. The topological polar surface area (TPSA) is 48.0 Å². The molecule has 1 aromatic carbocycles. The van der Waals surface area contributed by atoms with E-state index in [2.05, 4.69) is 0 Å². The van der Waals surface area contributed by atoms with Gasteiger partial charge in [0.2, 0.25) is 0 Å². The highest BCUT2D eigenvalue weighted by molar-refractivity contribution is 7.92. The molecule has 0 atom stereocenters. The van der Waals surface area contributed by atoms with Gasteiger partial charge in [-0.05, 0) is 33.8 Å². The van der Waals surface area contributed by atoms with Gasteiger partial charge in [0, 0.05) is 19.0 Å². The van der Waals surface area contributed by atoms with Crippen molar-refractivity contribution in [1.29, 1.82) is 0 Å². The van der Waals surface area contributed by atoms with E-state index in [4.69, 9.17) is 13.7 Å². The van der Waals surface area contributed by atoms with E-state index in [1.54, 1.807) is 13.1 Å². The fourth-order valence-electron chi connectivity index (χ4n) is 2.01. The molecule has 1 aliphatic heterocycles. The first-order valence-electron chi connectivity index (χ1n) is 6.88. The summed E-state index contributed by atoms with van der Waals surface area (Å²) in [6, 6.07) is 5.59. The predicted octanol–water partition coefficient (Wildman–Crippen LogP) is 3.82. The maximum absolute atomic E-state index is 12.0. The number of carbonyl (C=O) groups is 1. The van der Waals surface area contributed by atoms with Crippen LogP contribution in [-0.4, -0.2) is 29.2 Å². The van der Waals surface area contributed by atoms with Crippen LogP contribution in [0.1, 0.15) is 33.3 Å². The summed E-state index contributed by atoms with van der Waals surface area (Å²) in [5, 5.41) is 0. The minimum atomic E-state index is -0.498. The second-order valence-electron chi connectivity index (χ2n) is 5.87. The Bertz CT molecular complexity index is 530. The van der Waals surface area contributed by atoms with Crippen LogP contribution < -0.4 is 9.47 Å². The second-order valence-corrected chi connectivity index (χ2v) is 6.76. The zero-order chi connectivity index (χ0) is 15.6. The number of amides is 1. The van der Waals surface area contributed by atoms with Crippen LogP contribution in [0.4, 0.5) is 4.79 Å². The summed E-state index contributed by atoms with van der Waals surface area (Å²) in [5.74, 6) is 1.10. The number of fused-ring (bicyclic) bond motifs is 1. The first-order valence-corrected chi connectivity index (χ1v) is 7.58. The van der Waals surface area contributed by atoms with Gasteiger partial charge in [0.1, 0.15) is 17.8 Å². The zero-order valence-corrected chi connectivity index (χ0v) is 13.8. The van der Waals surface area contributed by atoms with Gasteiger partial charge >= 0.3 is 6.09 Å². The maximum atomic E-state index is 12.0. The molecule has 5 nitrogen and oxygen atoms in total. The molecule has 0 aromatic heterocycles. The Kier molecular flexibility index (Phi) is 4.68. The average Bonchev–Trinajstić information content (AvgIpc) is 2.71. The van der Waals surface area contributed by atoms with E-state index in [9.17, 15) is 4.79 Å². The van der Waals surface area contributed by atoms with Crippen molar-refractivity contribution >= 4 is 18.3 Å². The minimum Gasteiger partial charge on any atom is -0.483 e. The summed E-state index contributed by atoms with van der Waals surface area (Å²) in [4.78, 5) is 12.0. The molecule has 0 N–H and O–H groups in total. The van der Waals surface area contributed by atoms with E-state index >= 15 is 0 Å². The molecule has 1 aromatic rings. The third kappa shape index (κ3) is 4.04. The SMILES string of the molecule is CC(C)OSN(C)C(=O)Oc1cccc2c1OC(C)(C)C2. The molecular formula is C15H21NO4S. The first kappa shape index (κ1) is 16.0. The van der Waals surface area contributed by atoms with Crippen molar-refractivity contribution in [3.05, 3.63) is 23.8 Å². The monoisotopic (exact) mass is 311 g/mol. The zero-order valence-electron chi connectivity index (χ0n) is 13.0. The molecule has 1 heterocycles. The third-order valence-corrected chi connectivity index (χ3v) is 3.70. The molecule has 2 rings (SSSR count). The normalized spacial score (nSPS) is 15.5. The van der Waals surface area contributed by atoms with Crippen molar-refractivity contribution in [3.8, 4) is 11.5 Å². The summed E-state index contributed by atoms with van der Waals surface area (Å²) >= 11 is 0.963. The number of para-hydroxylation sites is 1. The van der Waals surface area contributed by atoms with Gasteiger partial charge in [-0.1, -0.05) is 12.1 Å². The van der Waals surface area contributed by atoms with E-state index in [0.29, 0.717) is 11.5 Å². The molecule has 0 fully saturated rings. The van der Waals surface area contributed by atoms with Crippen LogP contribution in [-0.2, 0) is 10.6 Å². The van der Waals surface area contributed by atoms with Gasteiger partial charge in [-0.2, -0.15) is 0 Å². The molecule has 21 heavy (non-hydrogen) atoms. The van der Waals surface area contributed by atoms with Crippen molar-refractivity contribution in [2.24, 2.45) is 0 Å². The number of hydrogen-bond acceptors (Lipinski definition) is 5. The highest BCUT2D eigenvalue weighted by atomic mass is 32.2. The van der Waals surface area contributed by atoms with Crippen LogP contribution in [0.3, 0.4) is 0 Å². The van der Waals surface area contributed by atoms with Crippen molar-refractivity contribution in [1.82, 2.24) is 4.31 Å².